The van der Waals surface area contributed by atoms with Crippen LogP contribution in [0.25, 0.3) is 0 Å². The normalized spacial score (nSPS) is 15.7. The van der Waals surface area contributed by atoms with Gasteiger partial charge in [0.25, 0.3) is 5.91 Å². The molecule has 26 heavy (non-hydrogen) atoms. The smallest absolute Gasteiger partial charge is 0.265 e. The van der Waals surface area contributed by atoms with Crippen LogP contribution >= 0.6 is 22.9 Å². The third kappa shape index (κ3) is 3.61. The first-order chi connectivity index (χ1) is 12.3. The number of carbonyl (C=O) groups excluding carboxylic acids is 2. The van der Waals surface area contributed by atoms with Gasteiger partial charge in [-0.05, 0) is 38.1 Å². The number of hydrogen-bond acceptors (Lipinski definition) is 4. The van der Waals surface area contributed by atoms with Crippen molar-refractivity contribution < 1.29 is 14.3 Å². The van der Waals surface area contributed by atoms with Gasteiger partial charge in [-0.15, -0.1) is 17.9 Å². The van der Waals surface area contributed by atoms with Crippen molar-refractivity contribution in [3.8, 4) is 5.75 Å². The lowest BCUT2D eigenvalue weighted by atomic mass is 9.93. The Morgan fingerprint density at radius 3 is 2.85 bits per heavy atom. The summed E-state index contributed by atoms with van der Waals surface area (Å²) in [7, 11) is 0. The third-order valence-corrected chi connectivity index (χ3v) is 5.26. The molecule has 2 heterocycles. The SMILES string of the molecule is C=CCN1C(=O)C(C)(C)COc2cc(NC(=O)c3ccc(Cl)s3)ccc21. The first-order valence-corrected chi connectivity index (χ1v) is 9.27. The molecule has 0 spiro atoms. The minimum absolute atomic E-state index is 0.0267. The minimum atomic E-state index is -0.654. The Labute approximate surface area is 161 Å². The molecule has 1 aromatic heterocycles. The molecular weight excluding hydrogens is 372 g/mol. The van der Waals surface area contributed by atoms with Crippen molar-refractivity contribution in [3.63, 3.8) is 0 Å². The maximum atomic E-state index is 12.8. The van der Waals surface area contributed by atoms with Gasteiger partial charge in [0.15, 0.2) is 0 Å². The summed E-state index contributed by atoms with van der Waals surface area (Å²) in [5, 5.41) is 2.83. The number of benzene rings is 1. The molecule has 0 unspecified atom stereocenters. The molecule has 2 amide bonds. The molecule has 3 rings (SSSR count). The van der Waals surface area contributed by atoms with Crippen LogP contribution in [0.2, 0.25) is 4.34 Å². The lowest BCUT2D eigenvalue weighted by Gasteiger charge is -2.27. The van der Waals surface area contributed by atoms with Gasteiger partial charge < -0.3 is 15.0 Å². The van der Waals surface area contributed by atoms with Gasteiger partial charge in [-0.25, -0.2) is 0 Å². The van der Waals surface area contributed by atoms with Crippen LogP contribution in [0.15, 0.2) is 43.0 Å². The molecule has 0 aliphatic carbocycles. The number of hydrogen-bond donors (Lipinski definition) is 1. The standard InChI is InChI=1S/C19H19ClN2O3S/c1-4-9-22-13-6-5-12(21-17(23)15-7-8-16(20)26-15)10-14(13)25-11-19(2,3)18(22)24/h4-8,10H,1,9,11H2,2-3H3,(H,21,23). The highest BCUT2D eigenvalue weighted by molar-refractivity contribution is 7.18. The highest BCUT2D eigenvalue weighted by atomic mass is 35.5. The van der Waals surface area contributed by atoms with Gasteiger partial charge in [0.2, 0.25) is 5.91 Å². The van der Waals surface area contributed by atoms with E-state index in [1.807, 2.05) is 13.8 Å². The van der Waals surface area contributed by atoms with Gasteiger partial charge >= 0.3 is 0 Å². The highest BCUT2D eigenvalue weighted by Gasteiger charge is 2.37. The van der Waals surface area contributed by atoms with E-state index in [0.29, 0.717) is 32.9 Å². The monoisotopic (exact) mass is 390 g/mol. The van der Waals surface area contributed by atoms with Crippen LogP contribution in [0.3, 0.4) is 0 Å². The van der Waals surface area contributed by atoms with Gasteiger partial charge in [-0.1, -0.05) is 17.7 Å². The van der Waals surface area contributed by atoms with E-state index in [1.165, 1.54) is 11.3 Å². The van der Waals surface area contributed by atoms with E-state index in [-0.39, 0.29) is 18.4 Å². The Bertz CT molecular complexity index is 875. The molecular formula is C19H19ClN2O3S. The Kier molecular flexibility index (Phi) is 5.07. The Morgan fingerprint density at radius 2 is 2.19 bits per heavy atom. The minimum Gasteiger partial charge on any atom is -0.490 e. The van der Waals surface area contributed by atoms with Crippen LogP contribution in [0, 0.1) is 5.41 Å². The molecule has 1 N–H and O–H groups in total. The number of carbonyl (C=O) groups is 2. The number of rotatable bonds is 4. The zero-order valence-corrected chi connectivity index (χ0v) is 16.1. The van der Waals surface area contributed by atoms with Gasteiger partial charge in [0.05, 0.1) is 20.3 Å². The lowest BCUT2D eigenvalue weighted by Crippen LogP contribution is -2.42. The quantitative estimate of drug-likeness (QED) is 0.776. The lowest BCUT2D eigenvalue weighted by molar-refractivity contribution is -0.127. The topological polar surface area (TPSA) is 58.6 Å². The first-order valence-electron chi connectivity index (χ1n) is 8.08. The summed E-state index contributed by atoms with van der Waals surface area (Å²) in [5.74, 6) is 0.281. The van der Waals surface area contributed by atoms with E-state index in [2.05, 4.69) is 11.9 Å². The number of ether oxygens (including phenoxy) is 1. The molecule has 7 heteroatoms. The van der Waals surface area contributed by atoms with Crippen LogP contribution in [-0.2, 0) is 4.79 Å². The van der Waals surface area contributed by atoms with E-state index in [1.54, 1.807) is 41.3 Å². The maximum Gasteiger partial charge on any atom is 0.265 e. The number of fused-ring (bicyclic) bond motifs is 1. The summed E-state index contributed by atoms with van der Waals surface area (Å²) in [5.41, 5.74) is 0.598. The first kappa shape index (κ1) is 18.5. The van der Waals surface area contributed by atoms with Crippen LogP contribution < -0.4 is 15.0 Å². The number of nitrogens with one attached hydrogen (secondary N) is 1. The van der Waals surface area contributed by atoms with Crippen molar-refractivity contribution in [1.82, 2.24) is 0 Å². The summed E-state index contributed by atoms with van der Waals surface area (Å²) in [4.78, 5) is 27.3. The van der Waals surface area contributed by atoms with Gasteiger partial charge in [-0.2, -0.15) is 0 Å². The Hall–Kier alpha value is -2.31. The van der Waals surface area contributed by atoms with Crippen molar-refractivity contribution in [2.75, 3.05) is 23.4 Å². The van der Waals surface area contributed by atoms with Crippen molar-refractivity contribution in [2.24, 2.45) is 5.41 Å². The fourth-order valence-electron chi connectivity index (χ4n) is 2.66. The fourth-order valence-corrected chi connectivity index (χ4v) is 3.60. The van der Waals surface area contributed by atoms with Crippen LogP contribution in [0.1, 0.15) is 23.5 Å². The van der Waals surface area contributed by atoms with Crippen LogP contribution in [0.4, 0.5) is 11.4 Å². The molecule has 0 saturated carbocycles. The zero-order valence-electron chi connectivity index (χ0n) is 14.5. The fraction of sp³-hybridized carbons (Fsp3) is 0.263. The highest BCUT2D eigenvalue weighted by Crippen LogP contribution is 2.38. The van der Waals surface area contributed by atoms with Gasteiger partial charge in [0.1, 0.15) is 12.4 Å². The molecule has 0 saturated heterocycles. The molecule has 1 aliphatic rings. The summed E-state index contributed by atoms with van der Waals surface area (Å²) >= 11 is 7.09. The molecule has 1 aromatic carbocycles. The average Bonchev–Trinajstić information content (AvgIpc) is 3.01. The molecule has 1 aliphatic heterocycles. The molecule has 0 fully saturated rings. The van der Waals surface area contributed by atoms with E-state index in [0.717, 1.165) is 0 Å². The van der Waals surface area contributed by atoms with Gasteiger partial charge in [-0.3, -0.25) is 9.59 Å². The van der Waals surface area contributed by atoms with E-state index >= 15 is 0 Å². The second-order valence-corrected chi connectivity index (χ2v) is 8.33. The molecule has 0 atom stereocenters. The molecule has 5 nitrogen and oxygen atoms in total. The summed E-state index contributed by atoms with van der Waals surface area (Å²) in [6, 6.07) is 8.61. The van der Waals surface area contributed by atoms with E-state index < -0.39 is 5.41 Å². The van der Waals surface area contributed by atoms with Gasteiger partial charge in [0, 0.05) is 18.3 Å². The third-order valence-electron chi connectivity index (χ3n) is 4.03. The molecule has 2 aromatic rings. The second kappa shape index (κ2) is 7.13. The number of nitrogens with zero attached hydrogens (tertiary/aromatic N) is 1. The second-order valence-electron chi connectivity index (χ2n) is 6.62. The summed E-state index contributed by atoms with van der Waals surface area (Å²) < 4.78 is 6.43. The zero-order chi connectivity index (χ0) is 18.9. The Balaban J connectivity index is 1.90. The number of halogens is 1. The predicted molar refractivity (Wildman–Crippen MR) is 106 cm³/mol. The largest absolute Gasteiger partial charge is 0.490 e. The maximum absolute atomic E-state index is 12.8. The molecule has 0 radical (unpaired) electrons. The van der Waals surface area contributed by atoms with Crippen LogP contribution in [0.5, 0.6) is 5.75 Å². The molecule has 0 bridgehead atoms. The molecule has 136 valence electrons. The Morgan fingerprint density at radius 1 is 1.42 bits per heavy atom. The van der Waals surface area contributed by atoms with E-state index in [9.17, 15) is 9.59 Å². The number of thiophene rings is 1. The van der Waals surface area contributed by atoms with Crippen molar-refractivity contribution in [2.45, 2.75) is 13.8 Å². The van der Waals surface area contributed by atoms with E-state index in [4.69, 9.17) is 16.3 Å². The van der Waals surface area contributed by atoms with Crippen molar-refractivity contribution in [1.29, 1.82) is 0 Å². The van der Waals surface area contributed by atoms with Crippen molar-refractivity contribution in [3.05, 3.63) is 52.2 Å². The van der Waals surface area contributed by atoms with Crippen molar-refractivity contribution >= 4 is 46.1 Å². The summed E-state index contributed by atoms with van der Waals surface area (Å²) in [6.07, 6.45) is 1.68. The predicted octanol–water partition coefficient (Wildman–Crippen LogP) is 4.59. The summed E-state index contributed by atoms with van der Waals surface area (Å²) in [6.45, 7) is 8.07. The van der Waals surface area contributed by atoms with Crippen LogP contribution in [-0.4, -0.2) is 25.0 Å². The average molecular weight is 391 g/mol. The number of amides is 2. The number of anilines is 2.